The van der Waals surface area contributed by atoms with Gasteiger partial charge < -0.3 is 9.15 Å². The molecule has 1 heterocycles. The van der Waals surface area contributed by atoms with E-state index in [1.54, 1.807) is 6.92 Å². The quantitative estimate of drug-likeness (QED) is 0.802. The van der Waals surface area contributed by atoms with Crippen LogP contribution in [0.2, 0.25) is 0 Å². The van der Waals surface area contributed by atoms with Gasteiger partial charge in [0.1, 0.15) is 5.41 Å². The van der Waals surface area contributed by atoms with E-state index in [2.05, 4.69) is 26.1 Å². The van der Waals surface area contributed by atoms with E-state index in [0.717, 1.165) is 10.0 Å². The molecule has 104 valence electrons. The van der Waals surface area contributed by atoms with Crippen molar-refractivity contribution in [2.75, 3.05) is 6.61 Å². The number of hydrogen-bond acceptors (Lipinski definition) is 5. The molecule has 20 heavy (non-hydrogen) atoms. The van der Waals surface area contributed by atoms with Crippen LogP contribution in [0.5, 0.6) is 0 Å². The molecular formula is C14H13BrN2O3. The minimum atomic E-state index is -0.712. The number of nitrogens with zero attached hydrogens (tertiary/aromatic N) is 2. The Labute approximate surface area is 124 Å². The first kappa shape index (κ1) is 13.3. The predicted octanol–water partition coefficient (Wildman–Crippen LogP) is 3.09. The van der Waals surface area contributed by atoms with Crippen LogP contribution in [0.4, 0.5) is 0 Å². The summed E-state index contributed by atoms with van der Waals surface area (Å²) < 4.78 is 11.7. The van der Waals surface area contributed by atoms with Crippen molar-refractivity contribution in [1.82, 2.24) is 10.2 Å². The van der Waals surface area contributed by atoms with E-state index in [1.807, 2.05) is 24.3 Å². The highest BCUT2D eigenvalue weighted by molar-refractivity contribution is 9.10. The van der Waals surface area contributed by atoms with E-state index in [4.69, 9.17) is 9.15 Å². The van der Waals surface area contributed by atoms with Crippen molar-refractivity contribution in [3.63, 3.8) is 0 Å². The van der Waals surface area contributed by atoms with Crippen LogP contribution in [0, 0.1) is 0 Å². The van der Waals surface area contributed by atoms with Crippen molar-refractivity contribution < 1.29 is 13.9 Å². The van der Waals surface area contributed by atoms with Gasteiger partial charge in [0.25, 0.3) is 0 Å². The van der Waals surface area contributed by atoms with E-state index >= 15 is 0 Å². The van der Waals surface area contributed by atoms with E-state index in [-0.39, 0.29) is 5.97 Å². The zero-order valence-corrected chi connectivity index (χ0v) is 12.5. The Hall–Kier alpha value is -1.69. The predicted molar refractivity (Wildman–Crippen MR) is 75.0 cm³/mol. The molecule has 0 aliphatic heterocycles. The minimum absolute atomic E-state index is 0.272. The summed E-state index contributed by atoms with van der Waals surface area (Å²) in [5.41, 5.74) is 0.114. The van der Waals surface area contributed by atoms with Gasteiger partial charge in [0, 0.05) is 10.0 Å². The lowest BCUT2D eigenvalue weighted by Crippen LogP contribution is -2.23. The van der Waals surface area contributed by atoms with Crippen molar-refractivity contribution in [3.8, 4) is 11.5 Å². The van der Waals surface area contributed by atoms with Crippen LogP contribution in [-0.2, 0) is 14.9 Å². The van der Waals surface area contributed by atoms with Gasteiger partial charge >= 0.3 is 5.97 Å². The number of aromatic nitrogens is 2. The molecule has 6 heteroatoms. The first-order valence-corrected chi connectivity index (χ1v) is 7.22. The van der Waals surface area contributed by atoms with E-state index < -0.39 is 5.41 Å². The van der Waals surface area contributed by atoms with Crippen LogP contribution < -0.4 is 0 Å². The fourth-order valence-corrected chi connectivity index (χ4v) is 2.29. The molecule has 1 aliphatic rings. The smallest absolute Gasteiger partial charge is 0.321 e. The number of ether oxygens (including phenoxy) is 1. The number of rotatable bonds is 4. The summed E-state index contributed by atoms with van der Waals surface area (Å²) >= 11 is 3.37. The normalized spacial score (nSPS) is 15.9. The molecule has 1 aromatic heterocycles. The standard InChI is InChI=1S/C14H13BrN2O3/c1-2-19-13(18)14(7-8-14)12-17-16-11(20-12)9-3-5-10(15)6-4-9/h3-6H,2,7-8H2,1H3. The summed E-state index contributed by atoms with van der Waals surface area (Å²) in [6.45, 7) is 2.14. The largest absolute Gasteiger partial charge is 0.465 e. The molecule has 0 bridgehead atoms. The summed E-state index contributed by atoms with van der Waals surface area (Å²) in [6.07, 6.45) is 1.40. The summed E-state index contributed by atoms with van der Waals surface area (Å²) in [7, 11) is 0. The fourth-order valence-electron chi connectivity index (χ4n) is 2.03. The van der Waals surface area contributed by atoms with E-state index in [1.165, 1.54) is 0 Å². The van der Waals surface area contributed by atoms with Crippen LogP contribution in [0.3, 0.4) is 0 Å². The van der Waals surface area contributed by atoms with Crippen LogP contribution >= 0.6 is 15.9 Å². The van der Waals surface area contributed by atoms with E-state index in [9.17, 15) is 4.79 Å². The highest BCUT2D eigenvalue weighted by Crippen LogP contribution is 2.49. The molecule has 3 rings (SSSR count). The zero-order chi connectivity index (χ0) is 14.2. The third kappa shape index (κ3) is 2.24. The van der Waals surface area contributed by atoms with Crippen molar-refractivity contribution in [2.24, 2.45) is 0 Å². The maximum atomic E-state index is 12.0. The minimum Gasteiger partial charge on any atom is -0.465 e. The van der Waals surface area contributed by atoms with Crippen molar-refractivity contribution in [1.29, 1.82) is 0 Å². The highest BCUT2D eigenvalue weighted by Gasteiger charge is 2.57. The number of carbonyl (C=O) groups excluding carboxylic acids is 1. The molecule has 0 spiro atoms. The van der Waals surface area contributed by atoms with Gasteiger partial charge in [0.2, 0.25) is 11.8 Å². The van der Waals surface area contributed by atoms with Gasteiger partial charge in [-0.25, -0.2) is 0 Å². The molecular weight excluding hydrogens is 324 g/mol. The van der Waals surface area contributed by atoms with Crippen molar-refractivity contribution in [3.05, 3.63) is 34.6 Å². The Balaban J connectivity index is 1.87. The highest BCUT2D eigenvalue weighted by atomic mass is 79.9. The molecule has 1 fully saturated rings. The lowest BCUT2D eigenvalue weighted by molar-refractivity contribution is -0.146. The Morgan fingerprint density at radius 3 is 2.65 bits per heavy atom. The third-order valence-corrected chi connectivity index (χ3v) is 3.87. The maximum absolute atomic E-state index is 12.0. The number of halogens is 1. The lowest BCUT2D eigenvalue weighted by Gasteiger charge is -2.08. The molecule has 0 saturated heterocycles. The molecule has 5 nitrogen and oxygen atoms in total. The average Bonchev–Trinajstić information content (AvgIpc) is 3.12. The van der Waals surface area contributed by atoms with Gasteiger partial charge in [-0.2, -0.15) is 0 Å². The van der Waals surface area contributed by atoms with Crippen LogP contribution in [-0.4, -0.2) is 22.8 Å². The molecule has 1 aliphatic carbocycles. The molecule has 2 aromatic rings. The van der Waals surface area contributed by atoms with Gasteiger partial charge in [-0.15, -0.1) is 10.2 Å². The summed E-state index contributed by atoms with van der Waals surface area (Å²) in [4.78, 5) is 12.0. The van der Waals surface area contributed by atoms with Gasteiger partial charge in [0.15, 0.2) is 0 Å². The topological polar surface area (TPSA) is 65.2 Å². The van der Waals surface area contributed by atoms with Gasteiger partial charge in [-0.1, -0.05) is 15.9 Å². The molecule has 1 aromatic carbocycles. The Morgan fingerprint density at radius 1 is 1.35 bits per heavy atom. The fraction of sp³-hybridized carbons (Fsp3) is 0.357. The Bertz CT molecular complexity index is 632. The monoisotopic (exact) mass is 336 g/mol. The molecule has 1 saturated carbocycles. The van der Waals surface area contributed by atoms with Crippen LogP contribution in [0.1, 0.15) is 25.7 Å². The number of esters is 1. The number of carbonyl (C=O) groups is 1. The van der Waals surface area contributed by atoms with Gasteiger partial charge in [-0.3, -0.25) is 4.79 Å². The van der Waals surface area contributed by atoms with E-state index in [0.29, 0.717) is 31.2 Å². The molecule has 0 radical (unpaired) electrons. The second kappa shape index (κ2) is 5.01. The number of benzene rings is 1. The Kier molecular flexibility index (Phi) is 3.33. The SMILES string of the molecule is CCOC(=O)C1(c2nnc(-c3ccc(Br)cc3)o2)CC1. The Morgan fingerprint density at radius 2 is 2.05 bits per heavy atom. The van der Waals surface area contributed by atoms with Crippen LogP contribution in [0.15, 0.2) is 33.2 Å². The van der Waals surface area contributed by atoms with Gasteiger partial charge in [0.05, 0.1) is 6.61 Å². The average molecular weight is 337 g/mol. The molecule has 0 amide bonds. The van der Waals surface area contributed by atoms with Crippen molar-refractivity contribution in [2.45, 2.75) is 25.2 Å². The second-order valence-electron chi connectivity index (χ2n) is 4.72. The second-order valence-corrected chi connectivity index (χ2v) is 5.64. The molecule has 0 N–H and O–H groups in total. The maximum Gasteiger partial charge on any atom is 0.321 e. The first-order chi connectivity index (χ1) is 9.65. The van der Waals surface area contributed by atoms with Crippen LogP contribution in [0.25, 0.3) is 11.5 Å². The third-order valence-electron chi connectivity index (χ3n) is 3.34. The summed E-state index contributed by atoms with van der Waals surface area (Å²) in [5, 5.41) is 8.05. The zero-order valence-electron chi connectivity index (χ0n) is 10.9. The first-order valence-electron chi connectivity index (χ1n) is 6.43. The lowest BCUT2D eigenvalue weighted by atomic mass is 10.1. The molecule has 0 atom stereocenters. The summed E-state index contributed by atoms with van der Waals surface area (Å²) in [5.74, 6) is 0.503. The number of hydrogen-bond donors (Lipinski definition) is 0. The summed E-state index contributed by atoms with van der Waals surface area (Å²) in [6, 6.07) is 7.56. The van der Waals surface area contributed by atoms with Crippen molar-refractivity contribution >= 4 is 21.9 Å². The molecule has 0 unspecified atom stereocenters. The van der Waals surface area contributed by atoms with Gasteiger partial charge in [-0.05, 0) is 44.0 Å².